The van der Waals surface area contributed by atoms with E-state index in [2.05, 4.69) is 25.4 Å². The Hall–Kier alpha value is -2.21. The zero-order valence-electron chi connectivity index (χ0n) is 14.0. The summed E-state index contributed by atoms with van der Waals surface area (Å²) in [5, 5.41) is 9.88. The standard InChI is InChI=1S/C18H25N5O/c24-18(9-3-7-13-23-11-5-1-6-12-23)20-17-14-16(21-22-17)15-8-2-4-10-19-15/h2,4,8,10,14H,1,3,5-7,9,11-13H2,(H2,20,21,22,24). The fraction of sp³-hybridized carbons (Fsp3) is 0.500. The van der Waals surface area contributed by atoms with Crippen molar-refractivity contribution < 1.29 is 4.79 Å². The van der Waals surface area contributed by atoms with Crippen LogP contribution in [-0.2, 0) is 4.79 Å². The largest absolute Gasteiger partial charge is 0.309 e. The van der Waals surface area contributed by atoms with Gasteiger partial charge in [-0.05, 0) is 57.5 Å². The van der Waals surface area contributed by atoms with Crippen LogP contribution in [0.4, 0.5) is 5.82 Å². The first-order chi connectivity index (χ1) is 11.8. The molecule has 1 fully saturated rings. The van der Waals surface area contributed by atoms with Gasteiger partial charge in [-0.3, -0.25) is 14.9 Å². The van der Waals surface area contributed by atoms with Gasteiger partial charge < -0.3 is 10.2 Å². The lowest BCUT2D eigenvalue weighted by molar-refractivity contribution is -0.116. The number of hydrogen-bond acceptors (Lipinski definition) is 4. The number of amides is 1. The van der Waals surface area contributed by atoms with Gasteiger partial charge in [-0.2, -0.15) is 5.10 Å². The Kier molecular flexibility index (Phi) is 5.96. The van der Waals surface area contributed by atoms with Crippen molar-refractivity contribution in [2.45, 2.75) is 38.5 Å². The van der Waals surface area contributed by atoms with E-state index in [1.807, 2.05) is 24.3 Å². The van der Waals surface area contributed by atoms with Gasteiger partial charge in [0.2, 0.25) is 5.91 Å². The summed E-state index contributed by atoms with van der Waals surface area (Å²) in [4.78, 5) is 18.8. The van der Waals surface area contributed by atoms with E-state index in [1.165, 1.54) is 32.4 Å². The van der Waals surface area contributed by atoms with Gasteiger partial charge in [-0.15, -0.1) is 0 Å². The van der Waals surface area contributed by atoms with Gasteiger partial charge in [0.1, 0.15) is 0 Å². The Balaban J connectivity index is 1.38. The number of pyridine rings is 1. The average Bonchev–Trinajstić information content (AvgIpc) is 3.09. The number of rotatable bonds is 7. The maximum absolute atomic E-state index is 12.0. The maximum Gasteiger partial charge on any atom is 0.225 e. The van der Waals surface area contributed by atoms with Crippen LogP contribution in [0.15, 0.2) is 30.5 Å². The van der Waals surface area contributed by atoms with E-state index in [1.54, 1.807) is 6.20 Å². The smallest absolute Gasteiger partial charge is 0.225 e. The van der Waals surface area contributed by atoms with Crippen LogP contribution in [0.5, 0.6) is 0 Å². The number of unbranched alkanes of at least 4 members (excludes halogenated alkanes) is 1. The Morgan fingerprint density at radius 1 is 1.21 bits per heavy atom. The lowest BCUT2D eigenvalue weighted by Gasteiger charge is -2.26. The van der Waals surface area contributed by atoms with Gasteiger partial charge in [-0.1, -0.05) is 12.5 Å². The van der Waals surface area contributed by atoms with Crippen LogP contribution in [0.25, 0.3) is 11.4 Å². The van der Waals surface area contributed by atoms with Crippen molar-refractivity contribution >= 4 is 11.7 Å². The molecule has 0 radical (unpaired) electrons. The zero-order valence-corrected chi connectivity index (χ0v) is 14.0. The molecule has 6 nitrogen and oxygen atoms in total. The first kappa shape index (κ1) is 16.6. The molecule has 1 aliphatic rings. The number of nitrogens with zero attached hydrogens (tertiary/aromatic N) is 3. The van der Waals surface area contributed by atoms with Crippen LogP contribution in [0.3, 0.4) is 0 Å². The predicted molar refractivity (Wildman–Crippen MR) is 94.6 cm³/mol. The summed E-state index contributed by atoms with van der Waals surface area (Å²) in [6, 6.07) is 7.50. The summed E-state index contributed by atoms with van der Waals surface area (Å²) in [7, 11) is 0. The van der Waals surface area contributed by atoms with Crippen molar-refractivity contribution in [3.63, 3.8) is 0 Å². The second kappa shape index (κ2) is 8.59. The summed E-state index contributed by atoms with van der Waals surface area (Å²) >= 11 is 0. The second-order valence-corrected chi connectivity index (χ2v) is 6.29. The molecule has 2 aromatic rings. The van der Waals surface area contributed by atoms with E-state index >= 15 is 0 Å². The molecule has 2 aromatic heterocycles. The van der Waals surface area contributed by atoms with Crippen LogP contribution >= 0.6 is 0 Å². The van der Waals surface area contributed by atoms with Crippen molar-refractivity contribution in [3.05, 3.63) is 30.5 Å². The number of carbonyl (C=O) groups is 1. The normalized spacial score (nSPS) is 15.3. The molecular formula is C18H25N5O. The van der Waals surface area contributed by atoms with Gasteiger partial charge in [0.15, 0.2) is 5.82 Å². The highest BCUT2D eigenvalue weighted by Gasteiger charge is 2.10. The minimum atomic E-state index is 0.0210. The number of piperidine rings is 1. The van der Waals surface area contributed by atoms with Crippen LogP contribution < -0.4 is 5.32 Å². The summed E-state index contributed by atoms with van der Waals surface area (Å²) in [6.45, 7) is 3.55. The van der Waals surface area contributed by atoms with Crippen LogP contribution in [0, 0.1) is 0 Å². The van der Waals surface area contributed by atoms with Gasteiger partial charge in [0.25, 0.3) is 0 Å². The van der Waals surface area contributed by atoms with Crippen molar-refractivity contribution in [2.75, 3.05) is 25.0 Å². The molecule has 0 atom stereocenters. The highest BCUT2D eigenvalue weighted by atomic mass is 16.1. The monoisotopic (exact) mass is 327 g/mol. The van der Waals surface area contributed by atoms with Crippen molar-refractivity contribution in [1.82, 2.24) is 20.1 Å². The quantitative estimate of drug-likeness (QED) is 0.767. The molecule has 1 aliphatic heterocycles. The zero-order chi connectivity index (χ0) is 16.6. The predicted octanol–water partition coefficient (Wildman–Crippen LogP) is 3.07. The van der Waals surface area contributed by atoms with Gasteiger partial charge in [-0.25, -0.2) is 0 Å². The van der Waals surface area contributed by atoms with Crippen molar-refractivity contribution in [1.29, 1.82) is 0 Å². The number of H-pyrrole nitrogens is 1. The third kappa shape index (κ3) is 4.89. The number of aromatic nitrogens is 3. The van der Waals surface area contributed by atoms with E-state index in [9.17, 15) is 4.79 Å². The second-order valence-electron chi connectivity index (χ2n) is 6.29. The number of nitrogens with one attached hydrogen (secondary N) is 2. The molecule has 3 heterocycles. The average molecular weight is 327 g/mol. The topological polar surface area (TPSA) is 73.9 Å². The molecule has 3 rings (SSSR count). The molecule has 24 heavy (non-hydrogen) atoms. The highest BCUT2D eigenvalue weighted by Crippen LogP contribution is 2.17. The Labute approximate surface area is 142 Å². The molecule has 2 N–H and O–H groups in total. The molecule has 0 unspecified atom stereocenters. The molecule has 0 aliphatic carbocycles. The van der Waals surface area contributed by atoms with Crippen molar-refractivity contribution in [2.24, 2.45) is 0 Å². The van der Waals surface area contributed by atoms with E-state index in [0.29, 0.717) is 12.2 Å². The lowest BCUT2D eigenvalue weighted by Crippen LogP contribution is -2.30. The minimum absolute atomic E-state index is 0.0210. The Morgan fingerprint density at radius 3 is 2.88 bits per heavy atom. The van der Waals surface area contributed by atoms with Crippen LogP contribution in [0.2, 0.25) is 0 Å². The molecule has 6 heteroatoms. The molecular weight excluding hydrogens is 302 g/mol. The van der Waals surface area contributed by atoms with E-state index in [-0.39, 0.29) is 5.91 Å². The van der Waals surface area contributed by atoms with Gasteiger partial charge in [0.05, 0.1) is 11.4 Å². The van der Waals surface area contributed by atoms with Gasteiger partial charge in [0, 0.05) is 18.7 Å². The van der Waals surface area contributed by atoms with Crippen LogP contribution in [-0.4, -0.2) is 45.6 Å². The molecule has 1 saturated heterocycles. The third-order valence-electron chi connectivity index (χ3n) is 4.36. The van der Waals surface area contributed by atoms with Crippen LogP contribution in [0.1, 0.15) is 38.5 Å². The Morgan fingerprint density at radius 2 is 2.08 bits per heavy atom. The van der Waals surface area contributed by atoms with E-state index < -0.39 is 0 Å². The SMILES string of the molecule is O=C(CCCCN1CCCCC1)Nc1cc(-c2ccccn2)[nH]n1. The van der Waals surface area contributed by atoms with Gasteiger partial charge >= 0.3 is 0 Å². The third-order valence-corrected chi connectivity index (χ3v) is 4.36. The summed E-state index contributed by atoms with van der Waals surface area (Å²) in [5.41, 5.74) is 1.61. The minimum Gasteiger partial charge on any atom is -0.309 e. The summed E-state index contributed by atoms with van der Waals surface area (Å²) < 4.78 is 0. The molecule has 0 aromatic carbocycles. The number of carbonyl (C=O) groups excluding carboxylic acids is 1. The molecule has 0 bridgehead atoms. The van der Waals surface area contributed by atoms with Crippen molar-refractivity contribution in [3.8, 4) is 11.4 Å². The van der Waals surface area contributed by atoms with E-state index in [4.69, 9.17) is 0 Å². The summed E-state index contributed by atoms with van der Waals surface area (Å²) in [6.07, 6.45) is 8.27. The summed E-state index contributed by atoms with van der Waals surface area (Å²) in [5.74, 6) is 0.574. The van der Waals surface area contributed by atoms with E-state index in [0.717, 1.165) is 30.8 Å². The number of likely N-dealkylation sites (tertiary alicyclic amines) is 1. The fourth-order valence-electron chi connectivity index (χ4n) is 3.05. The molecule has 0 spiro atoms. The fourth-order valence-corrected chi connectivity index (χ4v) is 3.05. The first-order valence-electron chi connectivity index (χ1n) is 8.80. The number of hydrogen-bond donors (Lipinski definition) is 2. The Bertz CT molecular complexity index is 634. The molecule has 1 amide bonds. The number of anilines is 1. The molecule has 128 valence electrons. The molecule has 0 saturated carbocycles. The maximum atomic E-state index is 12.0. The lowest BCUT2D eigenvalue weighted by atomic mass is 10.1. The highest BCUT2D eigenvalue weighted by molar-refractivity contribution is 5.90. The number of aromatic amines is 1. The first-order valence-corrected chi connectivity index (χ1v) is 8.80.